The van der Waals surface area contributed by atoms with E-state index in [0.717, 1.165) is 18.1 Å². The summed E-state index contributed by atoms with van der Waals surface area (Å²) >= 11 is 0. The maximum absolute atomic E-state index is 9.75. The van der Waals surface area contributed by atoms with Crippen LogP contribution in [0, 0.1) is 0 Å². The van der Waals surface area contributed by atoms with Crippen molar-refractivity contribution < 1.29 is 22.0 Å². The Morgan fingerprint density at radius 2 is 1.55 bits per heavy atom. The van der Waals surface area contributed by atoms with Crippen molar-refractivity contribution in [2.45, 2.75) is 0 Å². The molecule has 0 aromatic heterocycles. The van der Waals surface area contributed by atoms with Crippen LogP contribution in [-0.2, 0) is 0 Å². The van der Waals surface area contributed by atoms with Gasteiger partial charge in [-0.05, 0) is 18.4 Å². The van der Waals surface area contributed by atoms with Crippen LogP contribution in [0.4, 0.5) is 17.3 Å². The van der Waals surface area contributed by atoms with E-state index in [4.69, 9.17) is 4.74 Å². The van der Waals surface area contributed by atoms with Gasteiger partial charge in [-0.1, -0.05) is 38.3 Å². The lowest BCUT2D eigenvalue weighted by Gasteiger charge is -2.17. The summed E-state index contributed by atoms with van der Waals surface area (Å²) in [5.41, 5.74) is 0. The second kappa shape index (κ2) is 9.59. The molecule has 1 rings (SSSR count). The van der Waals surface area contributed by atoms with E-state index in [1.54, 1.807) is 7.11 Å². The highest BCUT2D eigenvalue weighted by Gasteiger charge is 2.20. The third-order valence-corrected chi connectivity index (χ3v) is 4.57. The van der Waals surface area contributed by atoms with Crippen molar-refractivity contribution in [3.05, 3.63) is 49.6 Å². The van der Waals surface area contributed by atoms with Gasteiger partial charge < -0.3 is 22.0 Å². The number of benzene rings is 1. The molecule has 1 aromatic rings. The highest BCUT2D eigenvalue weighted by Crippen LogP contribution is 2.37. The molecule has 7 heteroatoms. The maximum atomic E-state index is 9.75. The third kappa shape index (κ3) is 8.75. The summed E-state index contributed by atoms with van der Waals surface area (Å²) < 4.78 is 44.4. The zero-order valence-electron chi connectivity index (χ0n) is 11.2. The fourth-order valence-electron chi connectivity index (χ4n) is 1.47. The van der Waals surface area contributed by atoms with Crippen LogP contribution in [0.25, 0.3) is 0 Å². The number of allylic oxidation sites excluding steroid dienone is 2. The third-order valence-electron chi connectivity index (χ3n) is 2.12. The van der Waals surface area contributed by atoms with Gasteiger partial charge in [0.2, 0.25) is 0 Å². The first-order chi connectivity index (χ1) is 9.33. The molecule has 0 N–H and O–H groups in total. The Bertz CT molecular complexity index is 407. The first-order valence-electron chi connectivity index (χ1n) is 5.80. The Labute approximate surface area is 118 Å². The molecule has 0 saturated heterocycles. The second-order valence-electron chi connectivity index (χ2n) is 3.65. The summed E-state index contributed by atoms with van der Waals surface area (Å²) in [5, 5.41) is 1.30. The predicted molar refractivity (Wildman–Crippen MR) is 79.9 cm³/mol. The maximum Gasteiger partial charge on any atom is 0.673 e. The molecule has 0 aliphatic carbocycles. The molecule has 0 aliphatic heterocycles. The molecule has 1 aromatic carbocycles. The van der Waals surface area contributed by atoms with Crippen LogP contribution in [0.2, 0.25) is 0 Å². The SMILES string of the molecule is C=CCP(CC=C)c1ccccc1OC.F[B-](F)(F)F. The molecule has 112 valence electrons. The predicted octanol–water partition coefficient (Wildman–Crippen LogP) is 4.47. The van der Waals surface area contributed by atoms with Crippen molar-refractivity contribution in [1.82, 2.24) is 0 Å². The monoisotopic (exact) mass is 307 g/mol. The number of halogens is 4. The number of hydrogen-bond donors (Lipinski definition) is 0. The number of rotatable bonds is 6. The highest BCUT2D eigenvalue weighted by molar-refractivity contribution is 7.66. The molecular weight excluding hydrogens is 290 g/mol. The van der Waals surface area contributed by atoms with Crippen LogP contribution >= 0.6 is 7.92 Å². The van der Waals surface area contributed by atoms with Gasteiger partial charge in [0.25, 0.3) is 0 Å². The standard InChI is InChI=1S/C13H17OP.BF4/c1-4-10-15(11-5-2)13-9-7-6-8-12(13)14-3;2-1(3,4)5/h4-9H,1-2,10-11H2,3H3;/q;-1. The summed E-state index contributed by atoms with van der Waals surface area (Å²) in [4.78, 5) is 0. The molecule has 0 heterocycles. The minimum absolute atomic E-state index is 0.244. The zero-order valence-corrected chi connectivity index (χ0v) is 12.1. The Kier molecular flexibility index (Phi) is 8.98. The lowest BCUT2D eigenvalue weighted by molar-refractivity contribution is 0.368. The molecule has 0 bridgehead atoms. The Morgan fingerprint density at radius 3 is 1.95 bits per heavy atom. The van der Waals surface area contributed by atoms with E-state index in [1.807, 2.05) is 24.3 Å². The van der Waals surface area contributed by atoms with E-state index in [-0.39, 0.29) is 7.92 Å². The molecule has 0 fully saturated rings. The number of methoxy groups -OCH3 is 1. The van der Waals surface area contributed by atoms with Gasteiger partial charge in [0, 0.05) is 5.30 Å². The van der Waals surface area contributed by atoms with Gasteiger partial charge in [-0.2, -0.15) is 0 Å². The molecule has 0 atom stereocenters. The molecule has 0 aliphatic rings. The summed E-state index contributed by atoms with van der Waals surface area (Å²) in [6, 6.07) is 8.20. The van der Waals surface area contributed by atoms with Gasteiger partial charge in [-0.15, -0.1) is 13.2 Å². The summed E-state index contributed by atoms with van der Waals surface area (Å²) in [7, 11) is -4.53. The fraction of sp³-hybridized carbons (Fsp3) is 0.231. The van der Waals surface area contributed by atoms with E-state index < -0.39 is 7.25 Å². The largest absolute Gasteiger partial charge is 0.673 e. The molecule has 0 unspecified atom stereocenters. The van der Waals surface area contributed by atoms with Crippen molar-refractivity contribution in [2.75, 3.05) is 19.4 Å². The smallest absolute Gasteiger partial charge is 0.496 e. The molecule has 1 nitrogen and oxygen atoms in total. The lowest BCUT2D eigenvalue weighted by Crippen LogP contribution is -2.08. The van der Waals surface area contributed by atoms with Crippen LogP contribution in [0.5, 0.6) is 5.75 Å². The highest BCUT2D eigenvalue weighted by atomic mass is 31.1. The second-order valence-corrected chi connectivity index (χ2v) is 5.94. The average molecular weight is 307 g/mol. The number of hydrogen-bond acceptors (Lipinski definition) is 1. The summed E-state index contributed by atoms with van der Waals surface area (Å²) in [6.45, 7) is 7.61. The van der Waals surface area contributed by atoms with Crippen LogP contribution in [0.3, 0.4) is 0 Å². The molecular formula is C13H17BF4OP-. The molecule has 0 amide bonds. The van der Waals surface area contributed by atoms with Gasteiger partial charge in [-0.3, -0.25) is 0 Å². The molecule has 0 spiro atoms. The first-order valence-corrected chi connectivity index (χ1v) is 7.51. The molecule has 0 radical (unpaired) electrons. The van der Waals surface area contributed by atoms with Crippen LogP contribution < -0.4 is 10.0 Å². The lowest BCUT2D eigenvalue weighted by atomic mass is 10.3. The molecule has 0 saturated carbocycles. The van der Waals surface area contributed by atoms with Gasteiger partial charge in [0.05, 0.1) is 7.11 Å². The first kappa shape index (κ1) is 18.7. The normalized spacial score (nSPS) is 10.5. The van der Waals surface area contributed by atoms with E-state index in [1.165, 1.54) is 5.30 Å². The van der Waals surface area contributed by atoms with Crippen molar-refractivity contribution >= 4 is 20.5 Å². The minimum Gasteiger partial charge on any atom is -0.496 e. The van der Waals surface area contributed by atoms with Gasteiger partial charge >= 0.3 is 7.25 Å². The topological polar surface area (TPSA) is 9.23 Å². The van der Waals surface area contributed by atoms with E-state index in [2.05, 4.69) is 25.3 Å². The summed E-state index contributed by atoms with van der Waals surface area (Å²) in [6.07, 6.45) is 5.98. The van der Waals surface area contributed by atoms with E-state index in [9.17, 15) is 17.3 Å². The Balaban J connectivity index is 0.000000621. The van der Waals surface area contributed by atoms with Crippen LogP contribution in [0.15, 0.2) is 49.6 Å². The Hall–Kier alpha value is -1.29. The van der Waals surface area contributed by atoms with Crippen molar-refractivity contribution in [3.8, 4) is 5.75 Å². The minimum atomic E-state index is -6.00. The number of ether oxygens (including phenoxy) is 1. The van der Waals surface area contributed by atoms with Gasteiger partial charge in [0.15, 0.2) is 0 Å². The fourth-order valence-corrected chi connectivity index (χ4v) is 3.41. The average Bonchev–Trinajstić information content (AvgIpc) is 2.36. The Morgan fingerprint density at radius 1 is 1.10 bits per heavy atom. The van der Waals surface area contributed by atoms with Crippen LogP contribution in [-0.4, -0.2) is 26.7 Å². The van der Waals surface area contributed by atoms with Crippen molar-refractivity contribution in [3.63, 3.8) is 0 Å². The van der Waals surface area contributed by atoms with Gasteiger partial charge in [-0.25, -0.2) is 0 Å². The van der Waals surface area contributed by atoms with E-state index >= 15 is 0 Å². The van der Waals surface area contributed by atoms with Gasteiger partial charge in [0.1, 0.15) is 5.75 Å². The summed E-state index contributed by atoms with van der Waals surface area (Å²) in [5.74, 6) is 0.979. The van der Waals surface area contributed by atoms with Crippen molar-refractivity contribution in [1.29, 1.82) is 0 Å². The van der Waals surface area contributed by atoms with Crippen molar-refractivity contribution in [2.24, 2.45) is 0 Å². The zero-order chi connectivity index (χ0) is 15.6. The number of para-hydroxylation sites is 1. The van der Waals surface area contributed by atoms with E-state index in [0.29, 0.717) is 0 Å². The van der Waals surface area contributed by atoms with Crippen LogP contribution in [0.1, 0.15) is 0 Å². The molecule has 20 heavy (non-hydrogen) atoms. The quantitative estimate of drug-likeness (QED) is 0.326.